The topological polar surface area (TPSA) is 64.7 Å². The summed E-state index contributed by atoms with van der Waals surface area (Å²) in [5, 5.41) is 0. The first-order valence-corrected chi connectivity index (χ1v) is 6.82. The second-order valence-electron chi connectivity index (χ2n) is 3.60. The molecule has 0 heterocycles. The molecule has 0 rings (SSSR count). The second-order valence-corrected chi connectivity index (χ2v) is 4.54. The summed E-state index contributed by atoms with van der Waals surface area (Å²) in [5.41, 5.74) is 5.37. The third-order valence-corrected chi connectivity index (χ3v) is 3.09. The van der Waals surface area contributed by atoms with Gasteiger partial charge in [0, 0.05) is 0 Å². The number of unbranched alkanes of at least 4 members (excludes halogenated alkanes) is 3. The fraction of sp³-hybridized carbons (Fsp3) is 1.00. The second kappa shape index (κ2) is 10.8. The van der Waals surface area contributed by atoms with E-state index in [0.29, 0.717) is 6.61 Å². The Morgan fingerprint density at radius 1 is 1.27 bits per heavy atom. The van der Waals surface area contributed by atoms with Gasteiger partial charge in [-0.3, -0.25) is 0 Å². The molecule has 2 unspecified atom stereocenters. The molecule has 0 saturated heterocycles. The summed E-state index contributed by atoms with van der Waals surface area (Å²) < 4.78 is 10.4. The van der Waals surface area contributed by atoms with Crippen LogP contribution in [-0.2, 0) is 9.05 Å². The van der Waals surface area contributed by atoms with E-state index in [1.54, 1.807) is 0 Å². The van der Waals surface area contributed by atoms with Crippen molar-refractivity contribution in [2.45, 2.75) is 52.1 Å². The van der Waals surface area contributed by atoms with Gasteiger partial charge in [0.1, 0.15) is 0 Å². The van der Waals surface area contributed by atoms with Crippen LogP contribution in [0.2, 0.25) is 0 Å². The van der Waals surface area contributed by atoms with E-state index in [4.69, 9.17) is 14.8 Å². The molecule has 0 aliphatic carbocycles. The molecule has 0 fully saturated rings. The van der Waals surface area contributed by atoms with Crippen LogP contribution in [0.5, 0.6) is 0 Å². The van der Waals surface area contributed by atoms with Crippen molar-refractivity contribution < 1.29 is 13.9 Å². The summed E-state index contributed by atoms with van der Waals surface area (Å²) in [5.74, 6) is 0. The van der Waals surface area contributed by atoms with E-state index in [9.17, 15) is 4.89 Å². The predicted octanol–water partition coefficient (Wildman–Crippen LogP) is 2.56. The maximum Gasteiger partial charge on any atom is 0.330 e. The molecule has 0 amide bonds. The number of nitrogens with two attached hydrogens (primary N) is 1. The molecule has 5 heteroatoms. The standard InChI is InChI=1S/C10H24NO3P/c1-3-10(2)14-15(12)13-9-7-5-4-6-8-11/h10,12H,3-9,11H2,1-2H3. The molecule has 0 aliphatic heterocycles. The third kappa shape index (κ3) is 10.6. The summed E-state index contributed by atoms with van der Waals surface area (Å²) in [6.07, 6.45) is 5.22. The van der Waals surface area contributed by atoms with Crippen LogP contribution in [0.3, 0.4) is 0 Å². The summed E-state index contributed by atoms with van der Waals surface area (Å²) in [6.45, 7) is 5.27. The molecule has 3 N–H and O–H groups in total. The molecule has 0 saturated carbocycles. The van der Waals surface area contributed by atoms with Gasteiger partial charge in [0.25, 0.3) is 0 Å². The molecular weight excluding hydrogens is 213 g/mol. The lowest BCUT2D eigenvalue weighted by molar-refractivity contribution is 0.150. The molecular formula is C10H24NO3P. The molecule has 0 spiro atoms. The Morgan fingerprint density at radius 3 is 2.53 bits per heavy atom. The van der Waals surface area contributed by atoms with E-state index >= 15 is 0 Å². The lowest BCUT2D eigenvalue weighted by atomic mass is 10.2. The van der Waals surface area contributed by atoms with Crippen LogP contribution in [0.4, 0.5) is 0 Å². The van der Waals surface area contributed by atoms with Crippen molar-refractivity contribution >= 4 is 8.60 Å². The Hall–Kier alpha value is 0.270. The highest BCUT2D eigenvalue weighted by molar-refractivity contribution is 7.40. The molecule has 0 aliphatic rings. The SMILES string of the molecule is CCC(C)OP(O)OCCCCCCN. The Kier molecular flexibility index (Phi) is 11.0. The van der Waals surface area contributed by atoms with E-state index < -0.39 is 8.60 Å². The lowest BCUT2D eigenvalue weighted by Gasteiger charge is -2.14. The van der Waals surface area contributed by atoms with E-state index in [1.165, 1.54) is 0 Å². The zero-order valence-electron chi connectivity index (χ0n) is 9.82. The van der Waals surface area contributed by atoms with Gasteiger partial charge in [0.15, 0.2) is 0 Å². The normalized spacial score (nSPS) is 15.2. The van der Waals surface area contributed by atoms with E-state index in [1.807, 2.05) is 13.8 Å². The molecule has 92 valence electrons. The maximum atomic E-state index is 9.35. The van der Waals surface area contributed by atoms with Crippen molar-refractivity contribution in [2.75, 3.05) is 13.2 Å². The lowest BCUT2D eigenvalue weighted by Crippen LogP contribution is -2.04. The van der Waals surface area contributed by atoms with E-state index in [0.717, 1.165) is 38.6 Å². The van der Waals surface area contributed by atoms with Gasteiger partial charge in [-0.15, -0.1) is 0 Å². The minimum absolute atomic E-state index is 0.0679. The predicted molar refractivity (Wildman–Crippen MR) is 63.5 cm³/mol. The van der Waals surface area contributed by atoms with Gasteiger partial charge in [-0.2, -0.15) is 0 Å². The molecule has 0 aromatic carbocycles. The first-order valence-electron chi connectivity index (χ1n) is 5.69. The fourth-order valence-electron chi connectivity index (χ4n) is 1.00. The first-order chi connectivity index (χ1) is 7.20. The molecule has 0 aromatic rings. The smallest absolute Gasteiger partial charge is 0.330 e. The Labute approximate surface area is 94.1 Å². The zero-order chi connectivity index (χ0) is 11.5. The van der Waals surface area contributed by atoms with Crippen molar-refractivity contribution in [3.8, 4) is 0 Å². The van der Waals surface area contributed by atoms with Crippen molar-refractivity contribution in [3.63, 3.8) is 0 Å². The van der Waals surface area contributed by atoms with Gasteiger partial charge in [0.2, 0.25) is 0 Å². The van der Waals surface area contributed by atoms with Crippen molar-refractivity contribution in [1.82, 2.24) is 0 Å². The van der Waals surface area contributed by atoms with Crippen LogP contribution >= 0.6 is 8.60 Å². The minimum Gasteiger partial charge on any atom is -0.330 e. The number of hydrogen-bond donors (Lipinski definition) is 2. The highest BCUT2D eigenvalue weighted by atomic mass is 31.2. The molecule has 2 atom stereocenters. The van der Waals surface area contributed by atoms with Crippen LogP contribution < -0.4 is 5.73 Å². The summed E-state index contributed by atoms with van der Waals surface area (Å²) in [4.78, 5) is 9.35. The molecule has 0 aromatic heterocycles. The first kappa shape index (κ1) is 15.3. The fourth-order valence-corrected chi connectivity index (χ4v) is 1.80. The monoisotopic (exact) mass is 237 g/mol. The van der Waals surface area contributed by atoms with Gasteiger partial charge >= 0.3 is 8.60 Å². The molecule has 0 radical (unpaired) electrons. The number of hydrogen-bond acceptors (Lipinski definition) is 4. The van der Waals surface area contributed by atoms with Gasteiger partial charge < -0.3 is 19.7 Å². The minimum atomic E-state index is -1.67. The largest absolute Gasteiger partial charge is 0.330 e. The van der Waals surface area contributed by atoms with Crippen LogP contribution in [-0.4, -0.2) is 24.1 Å². The maximum absolute atomic E-state index is 9.35. The molecule has 4 nitrogen and oxygen atoms in total. The molecule has 15 heavy (non-hydrogen) atoms. The average Bonchev–Trinajstić information content (AvgIpc) is 2.23. The van der Waals surface area contributed by atoms with Crippen molar-refractivity contribution in [1.29, 1.82) is 0 Å². The van der Waals surface area contributed by atoms with Crippen LogP contribution in [0.15, 0.2) is 0 Å². The molecule has 0 bridgehead atoms. The van der Waals surface area contributed by atoms with Gasteiger partial charge in [-0.1, -0.05) is 19.8 Å². The van der Waals surface area contributed by atoms with Crippen LogP contribution in [0.1, 0.15) is 46.0 Å². The van der Waals surface area contributed by atoms with Crippen LogP contribution in [0, 0.1) is 0 Å². The Balaban J connectivity index is 3.20. The summed E-state index contributed by atoms with van der Waals surface area (Å²) in [7, 11) is -1.67. The Morgan fingerprint density at radius 2 is 1.93 bits per heavy atom. The van der Waals surface area contributed by atoms with Crippen molar-refractivity contribution in [3.05, 3.63) is 0 Å². The average molecular weight is 237 g/mol. The Bertz CT molecular complexity index is 138. The van der Waals surface area contributed by atoms with Crippen LogP contribution in [0.25, 0.3) is 0 Å². The highest BCUT2D eigenvalue weighted by Gasteiger charge is 2.10. The van der Waals surface area contributed by atoms with Gasteiger partial charge in [0.05, 0.1) is 12.7 Å². The summed E-state index contributed by atoms with van der Waals surface area (Å²) >= 11 is 0. The quantitative estimate of drug-likeness (QED) is 0.452. The highest BCUT2D eigenvalue weighted by Crippen LogP contribution is 2.35. The van der Waals surface area contributed by atoms with Crippen molar-refractivity contribution in [2.24, 2.45) is 5.73 Å². The number of rotatable bonds is 10. The van der Waals surface area contributed by atoms with E-state index in [2.05, 4.69) is 0 Å². The van der Waals surface area contributed by atoms with Gasteiger partial charge in [-0.05, 0) is 32.7 Å². The third-order valence-electron chi connectivity index (χ3n) is 2.15. The van der Waals surface area contributed by atoms with E-state index in [-0.39, 0.29) is 6.10 Å². The zero-order valence-corrected chi connectivity index (χ0v) is 10.7. The summed E-state index contributed by atoms with van der Waals surface area (Å²) in [6, 6.07) is 0. The van der Waals surface area contributed by atoms with Gasteiger partial charge in [-0.25, -0.2) is 0 Å².